The van der Waals surface area contributed by atoms with E-state index >= 15 is 0 Å². The van der Waals surface area contributed by atoms with Gasteiger partial charge in [0.15, 0.2) is 0 Å². The van der Waals surface area contributed by atoms with Crippen molar-refractivity contribution in [3.63, 3.8) is 0 Å². The van der Waals surface area contributed by atoms with Crippen LogP contribution in [0, 0.1) is 0 Å². The maximum absolute atomic E-state index is 9.38. The van der Waals surface area contributed by atoms with Crippen LogP contribution in [0.15, 0.2) is 0 Å². The van der Waals surface area contributed by atoms with Gasteiger partial charge in [-0.2, -0.15) is 0 Å². The molecule has 0 bridgehead atoms. The van der Waals surface area contributed by atoms with Crippen molar-refractivity contribution in [1.29, 1.82) is 0 Å². The van der Waals surface area contributed by atoms with Crippen molar-refractivity contribution in [2.24, 2.45) is 0 Å². The van der Waals surface area contributed by atoms with Gasteiger partial charge in [-0.15, -0.1) is 0 Å². The molecule has 0 amide bonds. The van der Waals surface area contributed by atoms with Crippen molar-refractivity contribution in [1.82, 2.24) is 0 Å². The quantitative estimate of drug-likeness (QED) is 0.358. The number of hydrogen-bond donors (Lipinski definition) is 1. The second-order valence-electron chi connectivity index (χ2n) is 0.699. The van der Waals surface area contributed by atoms with Gasteiger partial charge in [-0.25, -0.2) is 4.79 Å². The van der Waals surface area contributed by atoms with Crippen molar-refractivity contribution >= 4 is 43.9 Å². The zero-order valence-corrected chi connectivity index (χ0v) is 3.47. The van der Waals surface area contributed by atoms with E-state index in [0.717, 1.165) is 0 Å². The predicted molar refractivity (Wildman–Crippen MR) is 33.9 cm³/mol. The van der Waals surface area contributed by atoms with Gasteiger partial charge in [0.05, 0.1) is 6.61 Å². The molecule has 0 aliphatic heterocycles. The van der Waals surface area contributed by atoms with E-state index in [9.17, 15) is 4.79 Å². The Labute approximate surface area is 72.1 Å². The first-order chi connectivity index (χ1) is 2.77. The molecule has 0 radical (unpaired) electrons. The van der Waals surface area contributed by atoms with Gasteiger partial charge in [0.2, 0.25) is 0 Å². The molecular weight excluding hydrogens is 97.9 g/mol. The van der Waals surface area contributed by atoms with Gasteiger partial charge in [-0.3, -0.25) is 0 Å². The van der Waals surface area contributed by atoms with Crippen LogP contribution in [0.1, 0.15) is 6.92 Å². The van der Waals surface area contributed by atoms with E-state index in [-0.39, 0.29) is 44.3 Å². The molecular formula is C3H8Li2O3. The molecule has 0 rings (SSSR count). The first kappa shape index (κ1) is 15.8. The Bertz CT molecular complexity index is 56.5. The molecule has 3 nitrogen and oxygen atoms in total. The molecule has 0 aromatic carbocycles. The summed E-state index contributed by atoms with van der Waals surface area (Å²) in [5.74, 6) is 0. The summed E-state index contributed by atoms with van der Waals surface area (Å²) in [4.78, 5) is 9.38. The summed E-state index contributed by atoms with van der Waals surface area (Å²) >= 11 is 0. The fourth-order valence-electron chi connectivity index (χ4n) is 0.123. The molecule has 8 heavy (non-hydrogen) atoms. The van der Waals surface area contributed by atoms with Crippen molar-refractivity contribution in [3.05, 3.63) is 0 Å². The summed E-state index contributed by atoms with van der Waals surface area (Å²) in [5, 5.41) is 7.69. The van der Waals surface area contributed by atoms with Crippen LogP contribution in [-0.4, -0.2) is 55.6 Å². The molecule has 0 aromatic rings. The molecule has 0 unspecified atom stereocenters. The van der Waals surface area contributed by atoms with E-state index in [4.69, 9.17) is 5.11 Å². The van der Waals surface area contributed by atoms with Gasteiger partial charge in [-0.1, -0.05) is 0 Å². The van der Waals surface area contributed by atoms with Gasteiger partial charge in [-0.05, 0) is 6.92 Å². The Morgan fingerprint density at radius 3 is 2.00 bits per heavy atom. The zero-order valence-electron chi connectivity index (χ0n) is 3.47. The van der Waals surface area contributed by atoms with E-state index in [2.05, 4.69) is 4.74 Å². The van der Waals surface area contributed by atoms with Gasteiger partial charge in [0.1, 0.15) is 0 Å². The van der Waals surface area contributed by atoms with Gasteiger partial charge in [0, 0.05) is 0 Å². The van der Waals surface area contributed by atoms with Crippen LogP contribution < -0.4 is 0 Å². The predicted octanol–water partition coefficient (Wildman–Crippen LogP) is -0.596. The summed E-state index contributed by atoms with van der Waals surface area (Å²) < 4.78 is 3.96. The number of carboxylic acid groups (broad SMARTS) is 1. The molecule has 0 atom stereocenters. The molecule has 0 heterocycles. The third-order valence-corrected chi connectivity index (χ3v) is 0.268. The van der Waals surface area contributed by atoms with Gasteiger partial charge < -0.3 is 9.84 Å². The second kappa shape index (κ2) is 10.4. The minimum absolute atomic E-state index is 0. The fraction of sp³-hybridized carbons (Fsp3) is 0.667. The van der Waals surface area contributed by atoms with Gasteiger partial charge >= 0.3 is 43.9 Å². The average Bonchev–Trinajstić information content (AvgIpc) is 1.35. The molecule has 0 spiro atoms. The molecule has 40 valence electrons. The Morgan fingerprint density at radius 1 is 1.62 bits per heavy atom. The summed E-state index contributed by atoms with van der Waals surface area (Å²) in [6.07, 6.45) is -1.21. The van der Waals surface area contributed by atoms with Crippen molar-refractivity contribution < 1.29 is 14.6 Å². The topological polar surface area (TPSA) is 46.5 Å². The Morgan fingerprint density at radius 2 is 2.00 bits per heavy atom. The number of ether oxygens (including phenoxy) is 1. The van der Waals surface area contributed by atoms with Crippen LogP contribution in [0.3, 0.4) is 0 Å². The molecule has 5 heteroatoms. The standard InChI is InChI=1S/C3H6O3.2Li.2H/c1-2-6-3(4)5;;;;/h2H2,1H3,(H,4,5);;;;. The number of carbonyl (C=O) groups is 1. The van der Waals surface area contributed by atoms with E-state index in [0.29, 0.717) is 0 Å². The van der Waals surface area contributed by atoms with Crippen LogP contribution in [-0.2, 0) is 4.74 Å². The molecule has 0 fully saturated rings. The van der Waals surface area contributed by atoms with Crippen LogP contribution in [0.4, 0.5) is 4.79 Å². The first-order valence-corrected chi connectivity index (χ1v) is 1.63. The Balaban J connectivity index is -0.000000125. The summed E-state index contributed by atoms with van der Waals surface area (Å²) in [5.41, 5.74) is 0. The third-order valence-electron chi connectivity index (χ3n) is 0.268. The molecule has 0 aromatic heterocycles. The van der Waals surface area contributed by atoms with Crippen LogP contribution in [0.25, 0.3) is 0 Å². The van der Waals surface area contributed by atoms with E-state index in [1.54, 1.807) is 6.92 Å². The van der Waals surface area contributed by atoms with Crippen LogP contribution in [0.5, 0.6) is 0 Å². The van der Waals surface area contributed by atoms with E-state index in [1.165, 1.54) is 0 Å². The zero-order chi connectivity index (χ0) is 4.99. The van der Waals surface area contributed by atoms with Gasteiger partial charge in [0.25, 0.3) is 0 Å². The van der Waals surface area contributed by atoms with E-state index in [1.807, 2.05) is 0 Å². The third kappa shape index (κ3) is 16.1. The number of rotatable bonds is 1. The average molecular weight is 106 g/mol. The Kier molecular flexibility index (Phi) is 20.6. The molecule has 0 saturated heterocycles. The SMILES string of the molecule is CCOC(=O)O.[LiH].[LiH]. The summed E-state index contributed by atoms with van der Waals surface area (Å²) in [6, 6.07) is 0. The molecule has 0 aliphatic rings. The van der Waals surface area contributed by atoms with E-state index < -0.39 is 6.16 Å². The van der Waals surface area contributed by atoms with Crippen LogP contribution in [0.2, 0.25) is 0 Å². The Hall–Kier alpha value is 0.465. The normalized spacial score (nSPS) is 5.62. The van der Waals surface area contributed by atoms with Crippen molar-refractivity contribution in [3.8, 4) is 0 Å². The van der Waals surface area contributed by atoms with Crippen LogP contribution >= 0.6 is 0 Å². The fourth-order valence-corrected chi connectivity index (χ4v) is 0.123. The maximum atomic E-state index is 9.38. The monoisotopic (exact) mass is 106 g/mol. The van der Waals surface area contributed by atoms with Crippen molar-refractivity contribution in [2.75, 3.05) is 6.61 Å². The molecule has 0 saturated carbocycles. The number of hydrogen-bond acceptors (Lipinski definition) is 2. The summed E-state index contributed by atoms with van der Waals surface area (Å²) in [6.45, 7) is 1.85. The molecule has 1 N–H and O–H groups in total. The minimum atomic E-state index is -1.21. The van der Waals surface area contributed by atoms with Crippen molar-refractivity contribution in [2.45, 2.75) is 6.92 Å². The second-order valence-corrected chi connectivity index (χ2v) is 0.699. The molecule has 0 aliphatic carbocycles. The summed E-state index contributed by atoms with van der Waals surface area (Å²) in [7, 11) is 0. The first-order valence-electron chi connectivity index (χ1n) is 1.63.